The van der Waals surface area contributed by atoms with Crippen LogP contribution in [0.15, 0.2) is 52.7 Å². The standard InChI is InChI=1S/C15H10ClN3O2/c16-10-5-6-12-11(7-10)14(15(21)18-12)19-17-8-9-3-1-2-4-13(9)20/h1-8,20H,(H,18,19,21). The summed E-state index contributed by atoms with van der Waals surface area (Å²) in [4.78, 5) is 11.8. The summed E-state index contributed by atoms with van der Waals surface area (Å²) in [5.41, 5.74) is 1.98. The van der Waals surface area contributed by atoms with E-state index in [-0.39, 0.29) is 17.4 Å². The minimum atomic E-state index is -0.332. The van der Waals surface area contributed by atoms with E-state index in [1.807, 2.05) is 0 Å². The van der Waals surface area contributed by atoms with Gasteiger partial charge in [0.25, 0.3) is 5.91 Å². The number of phenols is 1. The topological polar surface area (TPSA) is 74.0 Å². The van der Waals surface area contributed by atoms with E-state index in [0.29, 0.717) is 21.8 Å². The van der Waals surface area contributed by atoms with E-state index in [1.54, 1.807) is 42.5 Å². The largest absolute Gasteiger partial charge is 0.507 e. The number of halogens is 1. The third-order valence-corrected chi connectivity index (χ3v) is 3.23. The Bertz CT molecular complexity index is 784. The number of para-hydroxylation sites is 1. The minimum absolute atomic E-state index is 0.0979. The highest BCUT2D eigenvalue weighted by Gasteiger charge is 2.26. The van der Waals surface area contributed by atoms with Crippen LogP contribution < -0.4 is 5.32 Å². The highest BCUT2D eigenvalue weighted by Crippen LogP contribution is 2.26. The monoisotopic (exact) mass is 299 g/mol. The second kappa shape index (κ2) is 5.38. The lowest BCUT2D eigenvalue weighted by atomic mass is 10.1. The van der Waals surface area contributed by atoms with E-state index in [2.05, 4.69) is 15.5 Å². The van der Waals surface area contributed by atoms with Crippen molar-refractivity contribution in [2.24, 2.45) is 10.2 Å². The van der Waals surface area contributed by atoms with Gasteiger partial charge in [0.2, 0.25) is 0 Å². The molecule has 5 nitrogen and oxygen atoms in total. The first-order valence-corrected chi connectivity index (χ1v) is 6.53. The smallest absolute Gasteiger partial charge is 0.276 e. The Kier molecular flexibility index (Phi) is 3.41. The number of hydrogen-bond donors (Lipinski definition) is 2. The Balaban J connectivity index is 1.93. The maximum atomic E-state index is 11.8. The van der Waals surface area contributed by atoms with Gasteiger partial charge in [-0.15, -0.1) is 5.10 Å². The number of carbonyl (C=O) groups is 1. The Morgan fingerprint density at radius 1 is 1.19 bits per heavy atom. The van der Waals surface area contributed by atoms with Crippen LogP contribution in [0.3, 0.4) is 0 Å². The summed E-state index contributed by atoms with van der Waals surface area (Å²) < 4.78 is 0. The van der Waals surface area contributed by atoms with Crippen molar-refractivity contribution in [2.75, 3.05) is 5.32 Å². The summed E-state index contributed by atoms with van der Waals surface area (Å²) >= 11 is 5.92. The molecule has 6 heteroatoms. The Morgan fingerprint density at radius 3 is 2.81 bits per heavy atom. The third-order valence-electron chi connectivity index (χ3n) is 2.99. The molecule has 104 valence electrons. The van der Waals surface area contributed by atoms with Gasteiger partial charge in [0.1, 0.15) is 5.75 Å². The van der Waals surface area contributed by atoms with Crippen LogP contribution >= 0.6 is 11.6 Å². The van der Waals surface area contributed by atoms with Gasteiger partial charge in [-0.3, -0.25) is 4.79 Å². The van der Waals surface area contributed by atoms with Crippen LogP contribution in [0.4, 0.5) is 5.69 Å². The quantitative estimate of drug-likeness (QED) is 0.661. The zero-order valence-electron chi connectivity index (χ0n) is 10.7. The lowest BCUT2D eigenvalue weighted by Gasteiger charge is -1.97. The molecule has 0 unspecified atom stereocenters. The Labute approximate surface area is 125 Å². The van der Waals surface area contributed by atoms with Crippen LogP contribution in [0, 0.1) is 0 Å². The fourth-order valence-electron chi connectivity index (χ4n) is 1.97. The molecule has 2 aromatic carbocycles. The van der Waals surface area contributed by atoms with Crippen LogP contribution in [0.2, 0.25) is 5.02 Å². The molecule has 0 aromatic heterocycles. The van der Waals surface area contributed by atoms with Gasteiger partial charge >= 0.3 is 0 Å². The zero-order chi connectivity index (χ0) is 14.8. The van der Waals surface area contributed by atoms with Crippen molar-refractivity contribution in [3.63, 3.8) is 0 Å². The second-order valence-electron chi connectivity index (χ2n) is 4.40. The molecular weight excluding hydrogens is 290 g/mol. The summed E-state index contributed by atoms with van der Waals surface area (Å²) in [6.45, 7) is 0. The fraction of sp³-hybridized carbons (Fsp3) is 0. The van der Waals surface area contributed by atoms with Gasteiger partial charge in [-0.2, -0.15) is 5.10 Å². The summed E-state index contributed by atoms with van der Waals surface area (Å²) in [5, 5.41) is 20.6. The number of anilines is 1. The maximum absolute atomic E-state index is 11.8. The molecule has 0 spiro atoms. The van der Waals surface area contributed by atoms with Crippen molar-refractivity contribution in [2.45, 2.75) is 0 Å². The van der Waals surface area contributed by atoms with Crippen molar-refractivity contribution in [1.82, 2.24) is 0 Å². The summed E-state index contributed by atoms with van der Waals surface area (Å²) in [5.74, 6) is -0.234. The average molecular weight is 300 g/mol. The number of aromatic hydroxyl groups is 1. The van der Waals surface area contributed by atoms with Gasteiger partial charge < -0.3 is 10.4 Å². The molecule has 0 atom stereocenters. The first-order valence-electron chi connectivity index (χ1n) is 6.15. The van der Waals surface area contributed by atoms with E-state index in [1.165, 1.54) is 6.21 Å². The first kappa shape index (κ1) is 13.3. The van der Waals surface area contributed by atoms with Gasteiger partial charge in [-0.05, 0) is 30.3 Å². The molecule has 1 heterocycles. The molecule has 0 radical (unpaired) electrons. The second-order valence-corrected chi connectivity index (χ2v) is 4.83. The normalized spacial score (nSPS) is 15.5. The maximum Gasteiger partial charge on any atom is 0.276 e. The van der Waals surface area contributed by atoms with Crippen LogP contribution in [0.1, 0.15) is 11.1 Å². The molecule has 1 aliphatic heterocycles. The number of carbonyl (C=O) groups excluding carboxylic acids is 1. The molecule has 1 amide bonds. The lowest BCUT2D eigenvalue weighted by Crippen LogP contribution is -2.13. The zero-order valence-corrected chi connectivity index (χ0v) is 11.5. The molecule has 2 aromatic rings. The van der Waals surface area contributed by atoms with Gasteiger partial charge in [0, 0.05) is 16.1 Å². The molecule has 3 rings (SSSR count). The predicted molar refractivity (Wildman–Crippen MR) is 82.3 cm³/mol. The molecule has 0 fully saturated rings. The number of rotatable bonds is 2. The Hall–Kier alpha value is -2.66. The average Bonchev–Trinajstić information content (AvgIpc) is 2.77. The number of amides is 1. The molecule has 0 saturated heterocycles. The molecule has 0 bridgehead atoms. The number of nitrogens with zero attached hydrogens (tertiary/aromatic N) is 2. The number of benzene rings is 2. The van der Waals surface area contributed by atoms with Crippen molar-refractivity contribution >= 4 is 35.1 Å². The van der Waals surface area contributed by atoms with E-state index < -0.39 is 0 Å². The molecular formula is C15H10ClN3O2. The summed E-state index contributed by atoms with van der Waals surface area (Å²) in [6.07, 6.45) is 1.39. The molecule has 1 aliphatic rings. The highest BCUT2D eigenvalue weighted by atomic mass is 35.5. The summed E-state index contributed by atoms with van der Waals surface area (Å²) in [6, 6.07) is 11.8. The number of fused-ring (bicyclic) bond motifs is 1. The van der Waals surface area contributed by atoms with E-state index in [4.69, 9.17) is 11.6 Å². The first-order chi connectivity index (χ1) is 10.1. The lowest BCUT2D eigenvalue weighted by molar-refractivity contribution is -0.110. The van der Waals surface area contributed by atoms with E-state index in [9.17, 15) is 9.90 Å². The Morgan fingerprint density at radius 2 is 2.00 bits per heavy atom. The van der Waals surface area contributed by atoms with Gasteiger partial charge in [-0.25, -0.2) is 0 Å². The van der Waals surface area contributed by atoms with Gasteiger partial charge in [0.15, 0.2) is 5.71 Å². The third kappa shape index (κ3) is 2.64. The van der Waals surface area contributed by atoms with Crippen molar-refractivity contribution in [1.29, 1.82) is 0 Å². The van der Waals surface area contributed by atoms with Crippen molar-refractivity contribution in [3.8, 4) is 5.75 Å². The SMILES string of the molecule is O=C1Nc2ccc(Cl)cc2C1=NN=Cc1ccccc1O. The molecule has 0 aliphatic carbocycles. The molecule has 21 heavy (non-hydrogen) atoms. The summed E-state index contributed by atoms with van der Waals surface area (Å²) in [7, 11) is 0. The molecule has 0 saturated carbocycles. The molecule has 2 N–H and O–H groups in total. The van der Waals surface area contributed by atoms with Crippen molar-refractivity contribution in [3.05, 3.63) is 58.6 Å². The van der Waals surface area contributed by atoms with Crippen molar-refractivity contribution < 1.29 is 9.90 Å². The van der Waals surface area contributed by atoms with Gasteiger partial charge in [0.05, 0.1) is 11.9 Å². The van der Waals surface area contributed by atoms with E-state index >= 15 is 0 Å². The van der Waals surface area contributed by atoms with Gasteiger partial charge in [-0.1, -0.05) is 23.7 Å². The van der Waals surface area contributed by atoms with E-state index in [0.717, 1.165) is 0 Å². The minimum Gasteiger partial charge on any atom is -0.507 e. The highest BCUT2D eigenvalue weighted by molar-refractivity contribution is 6.54. The van der Waals surface area contributed by atoms with Crippen LogP contribution in [0.5, 0.6) is 5.75 Å². The van der Waals surface area contributed by atoms with Crippen LogP contribution in [0.25, 0.3) is 0 Å². The van der Waals surface area contributed by atoms with Crippen LogP contribution in [-0.4, -0.2) is 22.9 Å². The predicted octanol–water partition coefficient (Wildman–Crippen LogP) is 2.82. The number of phenolic OH excluding ortho intramolecular Hbond substituents is 1. The number of hydrogen-bond acceptors (Lipinski definition) is 4. The number of nitrogens with one attached hydrogen (secondary N) is 1. The fourth-order valence-corrected chi connectivity index (χ4v) is 2.14. The van der Waals surface area contributed by atoms with Crippen LogP contribution in [-0.2, 0) is 4.79 Å².